The summed E-state index contributed by atoms with van der Waals surface area (Å²) in [5.74, 6) is 1.64. The molecule has 0 amide bonds. The quantitative estimate of drug-likeness (QED) is 0.717. The van der Waals surface area contributed by atoms with E-state index in [0.717, 1.165) is 24.8 Å². The van der Waals surface area contributed by atoms with Gasteiger partial charge in [-0.25, -0.2) is 0 Å². The first-order valence-electron chi connectivity index (χ1n) is 7.85. The lowest BCUT2D eigenvalue weighted by Gasteiger charge is -2.36. The summed E-state index contributed by atoms with van der Waals surface area (Å²) in [7, 11) is 0. The molecule has 0 aromatic heterocycles. The molecule has 3 rings (SSSR count). The molecule has 0 bridgehead atoms. The van der Waals surface area contributed by atoms with E-state index in [-0.39, 0.29) is 5.92 Å². The van der Waals surface area contributed by atoms with Crippen molar-refractivity contribution in [2.45, 2.75) is 58.8 Å². The van der Waals surface area contributed by atoms with Gasteiger partial charge >= 0.3 is 0 Å². The van der Waals surface area contributed by atoms with E-state index < -0.39 is 0 Å². The normalized spacial score (nSPS) is 25.8. The number of rotatable bonds is 1. The Morgan fingerprint density at radius 2 is 1.95 bits per heavy atom. The Hall–Kier alpha value is -1.37. The predicted octanol–water partition coefficient (Wildman–Crippen LogP) is 4.77. The average Bonchev–Trinajstić information content (AvgIpc) is 2.44. The van der Waals surface area contributed by atoms with E-state index >= 15 is 0 Å². The van der Waals surface area contributed by atoms with Crippen molar-refractivity contribution in [3.05, 3.63) is 46.0 Å². The van der Waals surface area contributed by atoms with Crippen molar-refractivity contribution in [2.24, 2.45) is 5.92 Å². The molecule has 0 saturated heterocycles. The van der Waals surface area contributed by atoms with E-state index in [9.17, 15) is 4.79 Å². The molecule has 0 saturated carbocycles. The molecule has 2 aliphatic carbocycles. The van der Waals surface area contributed by atoms with E-state index in [2.05, 4.69) is 39.0 Å². The van der Waals surface area contributed by atoms with Crippen LogP contribution in [0.3, 0.4) is 0 Å². The van der Waals surface area contributed by atoms with Crippen LogP contribution in [-0.2, 0) is 11.2 Å². The minimum Gasteiger partial charge on any atom is -0.294 e. The second kappa shape index (κ2) is 4.87. The highest BCUT2D eigenvalue weighted by Gasteiger charge is 2.35. The summed E-state index contributed by atoms with van der Waals surface area (Å²) < 4.78 is 0. The molecule has 0 N–H and O–H groups in total. The number of Topliss-reactive ketones (excluding diaryl/α,β-unsaturated/α-hetero) is 1. The number of ketones is 1. The molecule has 0 aliphatic heterocycles. The van der Waals surface area contributed by atoms with Gasteiger partial charge in [0.15, 0.2) is 5.78 Å². The van der Waals surface area contributed by atoms with E-state index in [4.69, 9.17) is 0 Å². The molecule has 0 heterocycles. The lowest BCUT2D eigenvalue weighted by molar-refractivity contribution is -0.119. The first-order valence-corrected chi connectivity index (χ1v) is 7.85. The maximum atomic E-state index is 12.2. The van der Waals surface area contributed by atoms with Gasteiger partial charge in [0.2, 0.25) is 0 Å². The molecule has 1 heteroatoms. The molecular weight excluding hydrogens is 244 g/mol. The van der Waals surface area contributed by atoms with Crippen LogP contribution in [0.25, 0.3) is 0 Å². The molecular formula is C19H24O. The third-order valence-electron chi connectivity index (χ3n) is 5.18. The topological polar surface area (TPSA) is 17.1 Å². The van der Waals surface area contributed by atoms with Crippen molar-refractivity contribution in [3.8, 4) is 0 Å². The molecule has 0 fully saturated rings. The van der Waals surface area contributed by atoms with Gasteiger partial charge in [-0.3, -0.25) is 4.79 Å². The minimum absolute atomic E-state index is 0.180. The molecule has 1 aromatic carbocycles. The van der Waals surface area contributed by atoms with Crippen molar-refractivity contribution < 1.29 is 4.79 Å². The molecule has 1 nitrogen and oxygen atoms in total. The van der Waals surface area contributed by atoms with E-state index in [1.807, 2.05) is 6.92 Å². The van der Waals surface area contributed by atoms with E-state index in [1.54, 1.807) is 0 Å². The summed E-state index contributed by atoms with van der Waals surface area (Å²) in [5.41, 5.74) is 6.90. The van der Waals surface area contributed by atoms with Crippen LogP contribution in [0.5, 0.6) is 0 Å². The molecule has 106 valence electrons. The number of allylic oxidation sites excluding steroid dienone is 2. The van der Waals surface area contributed by atoms with Crippen LogP contribution in [0.4, 0.5) is 0 Å². The van der Waals surface area contributed by atoms with Crippen LogP contribution >= 0.6 is 0 Å². The number of aryl methyl sites for hydroxylation is 1. The van der Waals surface area contributed by atoms with Gasteiger partial charge in [-0.05, 0) is 54.4 Å². The van der Waals surface area contributed by atoms with Crippen LogP contribution < -0.4 is 0 Å². The maximum Gasteiger partial charge on any atom is 0.161 e. The smallest absolute Gasteiger partial charge is 0.161 e. The maximum absolute atomic E-state index is 12.2. The van der Waals surface area contributed by atoms with Crippen LogP contribution in [-0.4, -0.2) is 5.78 Å². The fraction of sp³-hybridized carbons (Fsp3) is 0.526. The average molecular weight is 268 g/mol. The Bertz CT molecular complexity index is 592. The summed E-state index contributed by atoms with van der Waals surface area (Å²) in [4.78, 5) is 12.2. The number of fused-ring (bicyclic) bond motifs is 3. The molecule has 0 radical (unpaired) electrons. The summed E-state index contributed by atoms with van der Waals surface area (Å²) in [5, 5.41) is 0. The van der Waals surface area contributed by atoms with Crippen LogP contribution in [0.2, 0.25) is 0 Å². The van der Waals surface area contributed by atoms with Gasteiger partial charge in [-0.1, -0.05) is 44.5 Å². The highest BCUT2D eigenvalue weighted by atomic mass is 16.1. The van der Waals surface area contributed by atoms with Gasteiger partial charge in [-0.2, -0.15) is 0 Å². The standard InChI is InChI=1S/C19H24O/c1-11(2)14-5-8-17-15(10-14)6-7-16-13(4)19(20)12(3)9-18(16)17/h5,8,10-12,18H,6-7,9H2,1-4H3. The molecule has 2 atom stereocenters. The zero-order chi connectivity index (χ0) is 14.4. The highest BCUT2D eigenvalue weighted by molar-refractivity contribution is 5.98. The monoisotopic (exact) mass is 268 g/mol. The Kier molecular flexibility index (Phi) is 3.32. The van der Waals surface area contributed by atoms with Gasteiger partial charge in [0.1, 0.15) is 0 Å². The van der Waals surface area contributed by atoms with Crippen molar-refractivity contribution in [2.75, 3.05) is 0 Å². The third kappa shape index (κ3) is 2.04. The van der Waals surface area contributed by atoms with Crippen LogP contribution in [0.1, 0.15) is 69.1 Å². The number of benzene rings is 1. The number of hydrogen-bond donors (Lipinski definition) is 0. The summed E-state index contributed by atoms with van der Waals surface area (Å²) in [6.07, 6.45) is 3.17. The minimum atomic E-state index is 0.180. The summed E-state index contributed by atoms with van der Waals surface area (Å²) in [6, 6.07) is 7.00. The largest absolute Gasteiger partial charge is 0.294 e. The van der Waals surface area contributed by atoms with Crippen molar-refractivity contribution in [1.82, 2.24) is 0 Å². The number of carbonyl (C=O) groups excluding carboxylic acids is 1. The Labute approximate surface area is 122 Å². The van der Waals surface area contributed by atoms with Crippen LogP contribution in [0, 0.1) is 5.92 Å². The van der Waals surface area contributed by atoms with Gasteiger partial charge in [0, 0.05) is 11.8 Å². The lowest BCUT2D eigenvalue weighted by Crippen LogP contribution is -2.27. The molecule has 2 aliphatic rings. The first kappa shape index (κ1) is 13.6. The van der Waals surface area contributed by atoms with E-state index in [0.29, 0.717) is 17.6 Å². The molecule has 1 aromatic rings. The Morgan fingerprint density at radius 1 is 1.20 bits per heavy atom. The van der Waals surface area contributed by atoms with E-state index in [1.165, 1.54) is 22.3 Å². The fourth-order valence-corrected chi connectivity index (χ4v) is 3.88. The second-order valence-corrected chi connectivity index (χ2v) is 6.82. The number of carbonyl (C=O) groups is 1. The molecule has 2 unspecified atom stereocenters. The highest BCUT2D eigenvalue weighted by Crippen LogP contribution is 2.45. The van der Waals surface area contributed by atoms with Crippen molar-refractivity contribution >= 4 is 5.78 Å². The fourth-order valence-electron chi connectivity index (χ4n) is 3.88. The Balaban J connectivity index is 2.07. The second-order valence-electron chi connectivity index (χ2n) is 6.82. The van der Waals surface area contributed by atoms with Gasteiger partial charge < -0.3 is 0 Å². The zero-order valence-corrected chi connectivity index (χ0v) is 13.0. The summed E-state index contributed by atoms with van der Waals surface area (Å²) >= 11 is 0. The third-order valence-corrected chi connectivity index (χ3v) is 5.18. The predicted molar refractivity (Wildman–Crippen MR) is 83.1 cm³/mol. The number of hydrogen-bond acceptors (Lipinski definition) is 1. The van der Waals surface area contributed by atoms with Gasteiger partial charge in [-0.15, -0.1) is 0 Å². The zero-order valence-electron chi connectivity index (χ0n) is 13.0. The van der Waals surface area contributed by atoms with Crippen molar-refractivity contribution in [3.63, 3.8) is 0 Å². The molecule has 20 heavy (non-hydrogen) atoms. The lowest BCUT2D eigenvalue weighted by atomic mass is 9.68. The van der Waals surface area contributed by atoms with Crippen LogP contribution in [0.15, 0.2) is 29.3 Å². The van der Waals surface area contributed by atoms with Crippen molar-refractivity contribution in [1.29, 1.82) is 0 Å². The van der Waals surface area contributed by atoms with Gasteiger partial charge in [0.05, 0.1) is 0 Å². The SMILES string of the molecule is CC1=C2CCc3cc(C(C)C)ccc3C2CC(C)C1=O. The Morgan fingerprint density at radius 3 is 2.65 bits per heavy atom. The molecule has 0 spiro atoms. The van der Waals surface area contributed by atoms with Gasteiger partial charge in [0.25, 0.3) is 0 Å². The first-order chi connectivity index (χ1) is 9.49. The summed E-state index contributed by atoms with van der Waals surface area (Å²) in [6.45, 7) is 8.62.